The van der Waals surface area contributed by atoms with Gasteiger partial charge in [0.2, 0.25) is 5.91 Å². The summed E-state index contributed by atoms with van der Waals surface area (Å²) in [6.07, 6.45) is 1.99. The first-order valence-corrected chi connectivity index (χ1v) is 11.2. The van der Waals surface area contributed by atoms with Crippen molar-refractivity contribution >= 4 is 11.9 Å². The van der Waals surface area contributed by atoms with Crippen LogP contribution in [0, 0.1) is 5.82 Å². The van der Waals surface area contributed by atoms with Gasteiger partial charge in [-0.2, -0.15) is 0 Å². The zero-order valence-electron chi connectivity index (χ0n) is 18.9. The molecule has 1 atom stereocenters. The van der Waals surface area contributed by atoms with E-state index in [2.05, 4.69) is 9.88 Å². The maximum absolute atomic E-state index is 13.6. The lowest BCUT2D eigenvalue weighted by molar-refractivity contribution is -0.134. The van der Waals surface area contributed by atoms with E-state index in [9.17, 15) is 14.0 Å². The van der Waals surface area contributed by atoms with Gasteiger partial charge in [0.05, 0.1) is 6.04 Å². The average molecular weight is 449 g/mol. The molecule has 2 aromatic carbocycles. The summed E-state index contributed by atoms with van der Waals surface area (Å²) in [4.78, 5) is 29.8. The molecule has 3 amide bonds. The van der Waals surface area contributed by atoms with E-state index in [1.54, 1.807) is 21.9 Å². The van der Waals surface area contributed by atoms with E-state index in [1.807, 2.05) is 62.5 Å². The summed E-state index contributed by atoms with van der Waals surface area (Å²) in [7, 11) is 0. The van der Waals surface area contributed by atoms with Gasteiger partial charge in [0, 0.05) is 37.6 Å². The van der Waals surface area contributed by atoms with Crippen LogP contribution in [0.2, 0.25) is 0 Å². The van der Waals surface area contributed by atoms with Crippen LogP contribution in [0.1, 0.15) is 36.7 Å². The summed E-state index contributed by atoms with van der Waals surface area (Å²) in [6.45, 7) is 5.35. The maximum atomic E-state index is 13.6. The van der Waals surface area contributed by atoms with Gasteiger partial charge in [0.25, 0.3) is 0 Å². The summed E-state index contributed by atoms with van der Waals surface area (Å²) in [5.74, 6) is -0.454. The van der Waals surface area contributed by atoms with Crippen molar-refractivity contribution in [1.82, 2.24) is 19.7 Å². The molecule has 0 fully saturated rings. The van der Waals surface area contributed by atoms with Crippen molar-refractivity contribution in [2.75, 3.05) is 13.1 Å². The smallest absolute Gasteiger partial charge is 0.318 e. The van der Waals surface area contributed by atoms with E-state index in [0.717, 1.165) is 16.8 Å². The Kier molecular flexibility index (Phi) is 6.77. The number of nitrogens with zero attached hydrogens (tertiary/aromatic N) is 3. The van der Waals surface area contributed by atoms with Crippen molar-refractivity contribution in [3.05, 3.63) is 95.6 Å². The highest BCUT2D eigenvalue weighted by molar-refractivity contribution is 5.85. The van der Waals surface area contributed by atoms with Crippen LogP contribution in [0.3, 0.4) is 0 Å². The number of nitrogens with one attached hydrogen (secondary N) is 1. The summed E-state index contributed by atoms with van der Waals surface area (Å²) >= 11 is 0. The van der Waals surface area contributed by atoms with E-state index in [0.29, 0.717) is 19.6 Å². The molecule has 1 aliphatic heterocycles. The van der Waals surface area contributed by atoms with E-state index >= 15 is 0 Å². The number of hydrogen-bond acceptors (Lipinski definition) is 2. The monoisotopic (exact) mass is 448 g/mol. The molecule has 0 spiro atoms. The third-order valence-electron chi connectivity index (χ3n) is 6.02. The third-order valence-corrected chi connectivity index (χ3v) is 6.02. The molecule has 33 heavy (non-hydrogen) atoms. The second-order valence-corrected chi connectivity index (χ2v) is 8.53. The highest BCUT2D eigenvalue weighted by Crippen LogP contribution is 2.32. The summed E-state index contributed by atoms with van der Waals surface area (Å²) in [6, 6.07) is 19.1. The SMILES string of the molecule is CC(C)N(CC(=O)N1CCn2cccc2C1c1ccc(F)cc1)C(=O)NCc1ccccc1. The number of fused-ring (bicyclic) bond motifs is 1. The van der Waals surface area contributed by atoms with E-state index in [4.69, 9.17) is 0 Å². The van der Waals surface area contributed by atoms with Crippen molar-refractivity contribution in [2.45, 2.75) is 39.0 Å². The Morgan fingerprint density at radius 2 is 1.76 bits per heavy atom. The van der Waals surface area contributed by atoms with Crippen molar-refractivity contribution < 1.29 is 14.0 Å². The fourth-order valence-electron chi connectivity index (χ4n) is 4.25. The number of carbonyl (C=O) groups excluding carboxylic acids is 2. The Hall–Kier alpha value is -3.61. The van der Waals surface area contributed by atoms with Crippen LogP contribution in [0.5, 0.6) is 0 Å². The van der Waals surface area contributed by atoms with Crippen molar-refractivity contribution in [2.24, 2.45) is 0 Å². The molecule has 4 rings (SSSR count). The van der Waals surface area contributed by atoms with Crippen LogP contribution < -0.4 is 5.32 Å². The number of urea groups is 1. The number of rotatable bonds is 6. The predicted octanol–water partition coefficient (Wildman–Crippen LogP) is 4.18. The Bertz CT molecular complexity index is 1090. The van der Waals surface area contributed by atoms with Gasteiger partial charge < -0.3 is 19.7 Å². The van der Waals surface area contributed by atoms with Gasteiger partial charge >= 0.3 is 6.03 Å². The van der Waals surface area contributed by atoms with Gasteiger partial charge in [-0.1, -0.05) is 42.5 Å². The molecule has 2 heterocycles. The van der Waals surface area contributed by atoms with Crippen LogP contribution in [-0.2, 0) is 17.9 Å². The van der Waals surface area contributed by atoms with Gasteiger partial charge in [-0.05, 0) is 49.2 Å². The predicted molar refractivity (Wildman–Crippen MR) is 125 cm³/mol. The number of aromatic nitrogens is 1. The topological polar surface area (TPSA) is 57.6 Å². The van der Waals surface area contributed by atoms with Gasteiger partial charge in [-0.25, -0.2) is 9.18 Å². The quantitative estimate of drug-likeness (QED) is 0.615. The third kappa shape index (κ3) is 5.08. The van der Waals surface area contributed by atoms with Crippen LogP contribution in [0.25, 0.3) is 0 Å². The second-order valence-electron chi connectivity index (χ2n) is 8.53. The zero-order chi connectivity index (χ0) is 23.4. The van der Waals surface area contributed by atoms with Gasteiger partial charge in [-0.3, -0.25) is 4.79 Å². The average Bonchev–Trinajstić information content (AvgIpc) is 3.30. The maximum Gasteiger partial charge on any atom is 0.318 e. The molecule has 0 radical (unpaired) electrons. The molecule has 1 aliphatic rings. The van der Waals surface area contributed by atoms with Crippen LogP contribution in [-0.4, -0.2) is 45.4 Å². The minimum atomic E-state index is -0.330. The largest absolute Gasteiger partial charge is 0.348 e. The summed E-state index contributed by atoms with van der Waals surface area (Å²) in [5.41, 5.74) is 2.81. The minimum Gasteiger partial charge on any atom is -0.348 e. The van der Waals surface area contributed by atoms with Gasteiger partial charge in [0.1, 0.15) is 12.4 Å². The molecule has 0 aliphatic carbocycles. The number of halogens is 1. The normalized spacial score (nSPS) is 15.3. The Morgan fingerprint density at radius 3 is 2.45 bits per heavy atom. The molecule has 1 unspecified atom stereocenters. The number of carbonyl (C=O) groups is 2. The first-order valence-electron chi connectivity index (χ1n) is 11.2. The fourth-order valence-corrected chi connectivity index (χ4v) is 4.25. The highest BCUT2D eigenvalue weighted by Gasteiger charge is 2.33. The number of benzene rings is 2. The molecule has 1 N–H and O–H groups in total. The standard InChI is InChI=1S/C26H29FN4O2/c1-19(2)31(26(33)28-17-20-7-4-3-5-8-20)18-24(32)30-16-15-29-14-6-9-23(29)25(30)21-10-12-22(27)13-11-21/h3-14,19,25H,15-18H2,1-2H3,(H,28,33). The lowest BCUT2D eigenvalue weighted by Gasteiger charge is -2.39. The number of amides is 3. The number of hydrogen-bond donors (Lipinski definition) is 1. The lowest BCUT2D eigenvalue weighted by atomic mass is 9.99. The zero-order valence-corrected chi connectivity index (χ0v) is 18.9. The van der Waals surface area contributed by atoms with Crippen LogP contribution >= 0.6 is 0 Å². The molecule has 172 valence electrons. The molecule has 0 bridgehead atoms. The molecule has 0 saturated heterocycles. The van der Waals surface area contributed by atoms with E-state index < -0.39 is 0 Å². The second kappa shape index (κ2) is 9.90. The van der Waals surface area contributed by atoms with Crippen molar-refractivity contribution in [3.8, 4) is 0 Å². The van der Waals surface area contributed by atoms with Crippen LogP contribution in [0.15, 0.2) is 72.9 Å². The molecule has 0 saturated carbocycles. The Balaban J connectivity index is 1.52. The van der Waals surface area contributed by atoms with E-state index in [1.165, 1.54) is 12.1 Å². The molecule has 6 nitrogen and oxygen atoms in total. The Morgan fingerprint density at radius 1 is 1.03 bits per heavy atom. The minimum absolute atomic E-state index is 0.0311. The first-order chi connectivity index (χ1) is 15.9. The molecular weight excluding hydrogens is 419 g/mol. The fraction of sp³-hybridized carbons (Fsp3) is 0.308. The lowest BCUT2D eigenvalue weighted by Crippen LogP contribution is -2.51. The molecular formula is C26H29FN4O2. The molecule has 1 aromatic heterocycles. The van der Waals surface area contributed by atoms with E-state index in [-0.39, 0.29) is 36.4 Å². The van der Waals surface area contributed by atoms with Gasteiger partial charge in [-0.15, -0.1) is 0 Å². The van der Waals surface area contributed by atoms with Crippen molar-refractivity contribution in [1.29, 1.82) is 0 Å². The summed E-state index contributed by atoms with van der Waals surface area (Å²) in [5, 5.41) is 2.92. The van der Waals surface area contributed by atoms with Gasteiger partial charge in [0.15, 0.2) is 0 Å². The summed E-state index contributed by atoms with van der Waals surface area (Å²) < 4.78 is 15.7. The molecule has 3 aromatic rings. The first kappa shape index (κ1) is 22.6. The molecule has 7 heteroatoms. The Labute approximate surface area is 193 Å². The van der Waals surface area contributed by atoms with Crippen molar-refractivity contribution in [3.63, 3.8) is 0 Å². The highest BCUT2D eigenvalue weighted by atomic mass is 19.1. The van der Waals surface area contributed by atoms with Crippen LogP contribution in [0.4, 0.5) is 9.18 Å².